The number of cyclic esters (lactones) is 1. The van der Waals surface area contributed by atoms with Crippen LogP contribution in [0.3, 0.4) is 0 Å². The highest BCUT2D eigenvalue weighted by Crippen LogP contribution is 2.33. The molecule has 0 N–H and O–H groups in total. The minimum atomic E-state index is -0.494. The molecule has 0 aromatic heterocycles. The fourth-order valence-corrected chi connectivity index (χ4v) is 2.43. The van der Waals surface area contributed by atoms with Gasteiger partial charge in [-0.25, -0.2) is 9.59 Å². The standard InChI is InChI=1S/C17H20O4/c1-3-5-11-13-15(16(18)20-4-2)14(17(19)21-13)12-9-7-6-8-10-12/h6-10,13H,3-5,11H2,1-2H3/t13-/m1/s1. The van der Waals surface area contributed by atoms with Crippen LogP contribution in [0.25, 0.3) is 5.57 Å². The lowest BCUT2D eigenvalue weighted by atomic mass is 9.96. The predicted molar refractivity (Wildman–Crippen MR) is 79.4 cm³/mol. The van der Waals surface area contributed by atoms with Crippen LogP contribution in [-0.4, -0.2) is 24.6 Å². The van der Waals surface area contributed by atoms with E-state index < -0.39 is 18.0 Å². The molecule has 21 heavy (non-hydrogen) atoms. The van der Waals surface area contributed by atoms with Gasteiger partial charge < -0.3 is 9.47 Å². The largest absolute Gasteiger partial charge is 0.463 e. The van der Waals surface area contributed by atoms with Crippen LogP contribution in [0, 0.1) is 0 Å². The first-order valence-electron chi connectivity index (χ1n) is 7.36. The summed E-state index contributed by atoms with van der Waals surface area (Å²) in [5, 5.41) is 0. The Bertz CT molecular complexity index is 545. The van der Waals surface area contributed by atoms with Crippen molar-refractivity contribution in [1.29, 1.82) is 0 Å². The van der Waals surface area contributed by atoms with E-state index >= 15 is 0 Å². The van der Waals surface area contributed by atoms with Gasteiger partial charge in [0.1, 0.15) is 6.10 Å². The first kappa shape index (κ1) is 15.3. The number of benzene rings is 1. The van der Waals surface area contributed by atoms with Gasteiger partial charge in [-0.15, -0.1) is 0 Å². The molecule has 1 aromatic rings. The normalized spacial score (nSPS) is 17.8. The van der Waals surface area contributed by atoms with Crippen LogP contribution < -0.4 is 0 Å². The van der Waals surface area contributed by atoms with Gasteiger partial charge in [-0.2, -0.15) is 0 Å². The Kier molecular flexibility index (Phi) is 5.14. The minimum Gasteiger partial charge on any atom is -0.463 e. The van der Waals surface area contributed by atoms with Crippen molar-refractivity contribution in [3.63, 3.8) is 0 Å². The molecule has 112 valence electrons. The van der Waals surface area contributed by atoms with Gasteiger partial charge in [0, 0.05) is 0 Å². The summed E-state index contributed by atoms with van der Waals surface area (Å²) in [5.41, 5.74) is 1.40. The zero-order valence-corrected chi connectivity index (χ0v) is 12.4. The number of unbranched alkanes of at least 4 members (excludes halogenated alkanes) is 1. The first-order chi connectivity index (χ1) is 10.2. The average molecular weight is 288 g/mol. The summed E-state index contributed by atoms with van der Waals surface area (Å²) < 4.78 is 10.5. The molecule has 1 atom stereocenters. The number of carbonyl (C=O) groups is 2. The Balaban J connectivity index is 2.43. The molecule has 0 bridgehead atoms. The topological polar surface area (TPSA) is 52.6 Å². The summed E-state index contributed by atoms with van der Waals surface area (Å²) in [7, 11) is 0. The maximum Gasteiger partial charge on any atom is 0.340 e. The molecule has 0 saturated carbocycles. The third kappa shape index (κ3) is 3.32. The molecular weight excluding hydrogens is 268 g/mol. The summed E-state index contributed by atoms with van der Waals surface area (Å²) in [6.45, 7) is 4.08. The third-order valence-corrected chi connectivity index (χ3v) is 3.42. The molecular formula is C17H20O4. The molecule has 4 heteroatoms. The van der Waals surface area contributed by atoms with Gasteiger partial charge in [0.25, 0.3) is 0 Å². The third-order valence-electron chi connectivity index (χ3n) is 3.42. The lowest BCUT2D eigenvalue weighted by molar-refractivity contribution is -0.141. The van der Waals surface area contributed by atoms with Gasteiger partial charge in [-0.3, -0.25) is 0 Å². The van der Waals surface area contributed by atoms with Crippen molar-refractivity contribution in [3.05, 3.63) is 41.5 Å². The van der Waals surface area contributed by atoms with Crippen LogP contribution in [-0.2, 0) is 19.1 Å². The Morgan fingerprint density at radius 2 is 1.95 bits per heavy atom. The number of esters is 2. The predicted octanol–water partition coefficient (Wildman–Crippen LogP) is 3.12. The molecule has 1 aliphatic rings. The van der Waals surface area contributed by atoms with Crippen molar-refractivity contribution in [2.75, 3.05) is 6.61 Å². The van der Waals surface area contributed by atoms with Crippen molar-refractivity contribution in [2.45, 2.75) is 39.2 Å². The molecule has 0 fully saturated rings. The maximum absolute atomic E-state index is 12.2. The summed E-state index contributed by atoms with van der Waals surface area (Å²) >= 11 is 0. The summed E-state index contributed by atoms with van der Waals surface area (Å²) in [6, 6.07) is 9.13. The fourth-order valence-electron chi connectivity index (χ4n) is 2.43. The number of ether oxygens (including phenoxy) is 2. The number of hydrogen-bond acceptors (Lipinski definition) is 4. The molecule has 4 nitrogen and oxygen atoms in total. The molecule has 0 radical (unpaired) electrons. The molecule has 0 aliphatic carbocycles. The van der Waals surface area contributed by atoms with Crippen LogP contribution in [0.15, 0.2) is 35.9 Å². The summed E-state index contributed by atoms with van der Waals surface area (Å²) in [5.74, 6) is -0.895. The van der Waals surface area contributed by atoms with E-state index in [-0.39, 0.29) is 6.61 Å². The van der Waals surface area contributed by atoms with E-state index in [2.05, 4.69) is 6.92 Å². The summed E-state index contributed by atoms with van der Waals surface area (Å²) in [6.07, 6.45) is 2.02. The smallest absolute Gasteiger partial charge is 0.340 e. The molecule has 0 spiro atoms. The van der Waals surface area contributed by atoms with E-state index in [1.54, 1.807) is 19.1 Å². The molecule has 2 rings (SSSR count). The Morgan fingerprint density at radius 3 is 2.57 bits per heavy atom. The van der Waals surface area contributed by atoms with Gasteiger partial charge in [-0.1, -0.05) is 43.7 Å². The minimum absolute atomic E-state index is 0.277. The molecule has 1 heterocycles. The highest BCUT2D eigenvalue weighted by atomic mass is 16.6. The van der Waals surface area contributed by atoms with Crippen LogP contribution in [0.5, 0.6) is 0 Å². The van der Waals surface area contributed by atoms with E-state index in [9.17, 15) is 9.59 Å². The molecule has 0 amide bonds. The second-order valence-corrected chi connectivity index (χ2v) is 4.91. The lowest BCUT2D eigenvalue weighted by Crippen LogP contribution is -2.19. The Labute approximate surface area is 124 Å². The SMILES string of the molecule is CCCC[C@H]1OC(=O)C(c2ccccc2)=C1C(=O)OCC. The quantitative estimate of drug-likeness (QED) is 0.755. The van der Waals surface area contributed by atoms with Crippen molar-refractivity contribution >= 4 is 17.5 Å². The molecule has 1 aliphatic heterocycles. The first-order valence-corrected chi connectivity index (χ1v) is 7.36. The highest BCUT2D eigenvalue weighted by Gasteiger charge is 2.39. The number of hydrogen-bond donors (Lipinski definition) is 0. The van der Waals surface area contributed by atoms with E-state index in [1.807, 2.05) is 18.2 Å². The zero-order valence-electron chi connectivity index (χ0n) is 12.4. The van der Waals surface area contributed by atoms with E-state index in [4.69, 9.17) is 9.47 Å². The second-order valence-electron chi connectivity index (χ2n) is 4.91. The highest BCUT2D eigenvalue weighted by molar-refractivity contribution is 6.25. The number of rotatable bonds is 6. The van der Waals surface area contributed by atoms with Gasteiger partial charge in [0.05, 0.1) is 17.8 Å². The van der Waals surface area contributed by atoms with Crippen LogP contribution in [0.4, 0.5) is 0 Å². The average Bonchev–Trinajstić information content (AvgIpc) is 2.83. The van der Waals surface area contributed by atoms with Crippen LogP contribution >= 0.6 is 0 Å². The van der Waals surface area contributed by atoms with E-state index in [0.29, 0.717) is 23.1 Å². The lowest BCUT2D eigenvalue weighted by Gasteiger charge is -2.12. The van der Waals surface area contributed by atoms with E-state index in [0.717, 1.165) is 12.8 Å². The van der Waals surface area contributed by atoms with Gasteiger partial charge >= 0.3 is 11.9 Å². The van der Waals surface area contributed by atoms with Gasteiger partial charge in [0.2, 0.25) is 0 Å². The van der Waals surface area contributed by atoms with Crippen molar-refractivity contribution < 1.29 is 19.1 Å². The van der Waals surface area contributed by atoms with Crippen LogP contribution in [0.1, 0.15) is 38.7 Å². The Morgan fingerprint density at radius 1 is 1.24 bits per heavy atom. The van der Waals surface area contributed by atoms with Gasteiger partial charge in [-0.05, 0) is 25.3 Å². The zero-order chi connectivity index (χ0) is 15.2. The fraction of sp³-hybridized carbons (Fsp3) is 0.412. The second kappa shape index (κ2) is 7.07. The summed E-state index contributed by atoms with van der Waals surface area (Å²) in [4.78, 5) is 24.4. The molecule has 0 saturated heterocycles. The van der Waals surface area contributed by atoms with Crippen molar-refractivity contribution in [3.8, 4) is 0 Å². The maximum atomic E-state index is 12.2. The van der Waals surface area contributed by atoms with Crippen molar-refractivity contribution in [2.24, 2.45) is 0 Å². The molecule has 1 aromatic carbocycles. The van der Waals surface area contributed by atoms with Crippen molar-refractivity contribution in [1.82, 2.24) is 0 Å². The monoisotopic (exact) mass is 288 g/mol. The number of carbonyl (C=O) groups excluding carboxylic acids is 2. The van der Waals surface area contributed by atoms with Gasteiger partial charge in [0.15, 0.2) is 0 Å². The molecule has 0 unspecified atom stereocenters. The van der Waals surface area contributed by atoms with Crippen LogP contribution in [0.2, 0.25) is 0 Å². The van der Waals surface area contributed by atoms with E-state index in [1.165, 1.54) is 0 Å². The Hall–Kier alpha value is -2.10.